The van der Waals surface area contributed by atoms with E-state index in [2.05, 4.69) is 277 Å². The molecule has 12 aromatic rings. The van der Waals surface area contributed by atoms with E-state index in [1.54, 1.807) is 0 Å². The molecule has 0 N–H and O–H groups in total. The van der Waals surface area contributed by atoms with Crippen LogP contribution in [0.1, 0.15) is 7.43 Å². The molecule has 0 atom stereocenters. The first kappa shape index (κ1) is 41.0. The van der Waals surface area contributed by atoms with Gasteiger partial charge in [-0.1, -0.05) is 214 Å². The molecule has 2 nitrogen and oxygen atoms in total. The predicted octanol–water partition coefficient (Wildman–Crippen LogP) is 18.8. The van der Waals surface area contributed by atoms with Crippen LogP contribution in [0, 0.1) is 0 Å². The Balaban J connectivity index is 0.00000494. The Morgan fingerprint density at radius 3 is 0.672 bits per heavy atom. The van der Waals surface area contributed by atoms with Gasteiger partial charge in [0.15, 0.2) is 0 Å². The quantitative estimate of drug-likeness (QED) is 0.126. The zero-order chi connectivity index (χ0) is 43.8. The van der Waals surface area contributed by atoms with Gasteiger partial charge in [0.25, 0.3) is 0 Å². The van der Waals surface area contributed by atoms with E-state index in [0.29, 0.717) is 0 Å². The number of hydrogen-bond donors (Lipinski definition) is 0. The van der Waals surface area contributed by atoms with Crippen molar-refractivity contribution >= 4 is 66.4 Å². The van der Waals surface area contributed by atoms with E-state index in [-0.39, 0.29) is 7.43 Å². The fraction of sp³-hybridized carbons (Fsp3) is 0.0154. The summed E-state index contributed by atoms with van der Waals surface area (Å²) in [6, 6.07) is 96.9. The summed E-state index contributed by atoms with van der Waals surface area (Å²) in [4.78, 5) is 4.84. The second-order valence-electron chi connectivity index (χ2n) is 16.9. The third-order valence-corrected chi connectivity index (χ3v) is 13.0. The first-order valence-electron chi connectivity index (χ1n) is 22.7. The van der Waals surface area contributed by atoms with Crippen molar-refractivity contribution in [2.45, 2.75) is 7.43 Å². The molecule has 0 aliphatic heterocycles. The van der Waals surface area contributed by atoms with Gasteiger partial charge < -0.3 is 9.80 Å². The maximum Gasteiger partial charge on any atom is 0.0540 e. The minimum Gasteiger partial charge on any atom is -0.310 e. The van der Waals surface area contributed by atoms with Gasteiger partial charge in [-0.25, -0.2) is 0 Å². The van der Waals surface area contributed by atoms with Crippen LogP contribution in [0.25, 0.3) is 76.8 Å². The average molecular weight is 857 g/mol. The number of anilines is 6. The lowest BCUT2D eigenvalue weighted by atomic mass is 9.91. The Hall–Kier alpha value is -8.72. The predicted molar refractivity (Wildman–Crippen MR) is 288 cm³/mol. The maximum absolute atomic E-state index is 2.42. The molecule has 0 saturated carbocycles. The van der Waals surface area contributed by atoms with Gasteiger partial charge in [-0.2, -0.15) is 0 Å². The summed E-state index contributed by atoms with van der Waals surface area (Å²) < 4.78 is 0. The standard InChI is InChI=1S/C64H44N2.CH4/c1-5-13-45(14-6-1)49-21-33-55(34-22-49)65(56-35-23-50(24-36-56)46-15-7-2-8-16-46)61-43-31-53-30-42-60-62(44-32-54-29-41-59(61)63(53)64(54)60)66(57-37-25-51(26-38-57)47-17-9-3-10-18-47)58-39-27-52(28-40-58)48-19-11-4-12-20-48;/h1-44H;1H4. The first-order valence-corrected chi connectivity index (χ1v) is 22.7. The van der Waals surface area contributed by atoms with E-state index in [0.717, 1.165) is 34.1 Å². The third-order valence-electron chi connectivity index (χ3n) is 13.0. The summed E-state index contributed by atoms with van der Waals surface area (Å²) in [7, 11) is 0. The smallest absolute Gasteiger partial charge is 0.0540 e. The molecule has 318 valence electrons. The Morgan fingerprint density at radius 2 is 0.418 bits per heavy atom. The van der Waals surface area contributed by atoms with Gasteiger partial charge in [0.2, 0.25) is 0 Å². The Kier molecular flexibility index (Phi) is 10.8. The van der Waals surface area contributed by atoms with E-state index >= 15 is 0 Å². The van der Waals surface area contributed by atoms with Crippen molar-refractivity contribution in [2.75, 3.05) is 9.80 Å². The summed E-state index contributed by atoms with van der Waals surface area (Å²) in [6.07, 6.45) is 0. The van der Waals surface area contributed by atoms with Crippen LogP contribution in [-0.2, 0) is 0 Å². The number of benzene rings is 12. The SMILES string of the molecule is C.c1ccc(-c2ccc(N(c3ccc(-c4ccccc4)cc3)c3ccc4ccc5c(N(c6ccc(-c7ccccc7)cc6)c6ccc(-c7ccccc7)cc6)ccc6ccc3c4c65)cc2)cc1. The largest absolute Gasteiger partial charge is 0.310 e. The molecule has 0 aliphatic carbocycles. The van der Waals surface area contributed by atoms with Crippen LogP contribution in [-0.4, -0.2) is 0 Å². The molecular weight excluding hydrogens is 809 g/mol. The number of nitrogens with zero attached hydrogens (tertiary/aromatic N) is 2. The summed E-state index contributed by atoms with van der Waals surface area (Å²) in [6.45, 7) is 0. The van der Waals surface area contributed by atoms with Gasteiger partial charge in [-0.05, 0) is 127 Å². The monoisotopic (exact) mass is 856 g/mol. The second kappa shape index (κ2) is 17.7. The van der Waals surface area contributed by atoms with Crippen LogP contribution in [0.4, 0.5) is 34.1 Å². The zero-order valence-corrected chi connectivity index (χ0v) is 36.3. The third kappa shape index (κ3) is 7.65. The van der Waals surface area contributed by atoms with E-state index in [9.17, 15) is 0 Å². The van der Waals surface area contributed by atoms with Crippen LogP contribution in [0.3, 0.4) is 0 Å². The first-order chi connectivity index (χ1) is 32.7. The van der Waals surface area contributed by atoms with Gasteiger partial charge in [-0.3, -0.25) is 0 Å². The van der Waals surface area contributed by atoms with Crippen molar-refractivity contribution < 1.29 is 0 Å². The topological polar surface area (TPSA) is 6.48 Å². The minimum atomic E-state index is 0. The van der Waals surface area contributed by atoms with E-state index in [1.807, 2.05) is 0 Å². The van der Waals surface area contributed by atoms with Crippen molar-refractivity contribution in [2.24, 2.45) is 0 Å². The molecule has 0 fully saturated rings. The van der Waals surface area contributed by atoms with Crippen molar-refractivity contribution in [3.8, 4) is 44.5 Å². The highest BCUT2D eigenvalue weighted by atomic mass is 15.1. The Labute approximate surface area is 393 Å². The van der Waals surface area contributed by atoms with E-state index < -0.39 is 0 Å². The highest BCUT2D eigenvalue weighted by Crippen LogP contribution is 2.48. The van der Waals surface area contributed by atoms with Gasteiger partial charge >= 0.3 is 0 Å². The fourth-order valence-corrected chi connectivity index (χ4v) is 9.75. The lowest BCUT2D eigenvalue weighted by Gasteiger charge is -2.29. The number of hydrogen-bond acceptors (Lipinski definition) is 2. The van der Waals surface area contributed by atoms with Crippen molar-refractivity contribution in [3.05, 3.63) is 267 Å². The van der Waals surface area contributed by atoms with Gasteiger partial charge in [0.05, 0.1) is 11.4 Å². The minimum absolute atomic E-state index is 0. The van der Waals surface area contributed by atoms with Crippen LogP contribution in [0.15, 0.2) is 267 Å². The highest BCUT2D eigenvalue weighted by molar-refractivity contribution is 6.28. The number of rotatable bonds is 10. The second-order valence-corrected chi connectivity index (χ2v) is 16.9. The molecule has 0 radical (unpaired) electrons. The molecule has 0 aliphatic rings. The Bertz CT molecular complexity index is 3160. The van der Waals surface area contributed by atoms with Crippen molar-refractivity contribution in [1.29, 1.82) is 0 Å². The molecule has 12 rings (SSSR count). The molecular formula is C65H48N2. The van der Waals surface area contributed by atoms with Crippen molar-refractivity contribution in [3.63, 3.8) is 0 Å². The molecule has 0 aromatic heterocycles. The molecule has 0 spiro atoms. The fourth-order valence-electron chi connectivity index (χ4n) is 9.75. The summed E-state index contributed by atoms with van der Waals surface area (Å²) in [5.74, 6) is 0. The molecule has 0 heterocycles. The Morgan fingerprint density at radius 1 is 0.194 bits per heavy atom. The van der Waals surface area contributed by atoms with Gasteiger partial charge in [0.1, 0.15) is 0 Å². The van der Waals surface area contributed by atoms with Gasteiger partial charge in [0, 0.05) is 33.5 Å². The van der Waals surface area contributed by atoms with Crippen LogP contribution >= 0.6 is 0 Å². The van der Waals surface area contributed by atoms with E-state index in [1.165, 1.54) is 76.8 Å². The summed E-state index contributed by atoms with van der Waals surface area (Å²) in [5, 5.41) is 7.36. The average Bonchev–Trinajstić information content (AvgIpc) is 3.40. The van der Waals surface area contributed by atoms with Crippen molar-refractivity contribution in [1.82, 2.24) is 0 Å². The molecule has 67 heavy (non-hydrogen) atoms. The van der Waals surface area contributed by atoms with Crippen LogP contribution in [0.5, 0.6) is 0 Å². The molecule has 12 aromatic carbocycles. The van der Waals surface area contributed by atoms with E-state index in [4.69, 9.17) is 0 Å². The zero-order valence-electron chi connectivity index (χ0n) is 36.3. The summed E-state index contributed by atoms with van der Waals surface area (Å²) in [5.41, 5.74) is 16.2. The van der Waals surface area contributed by atoms with Crippen LogP contribution in [0.2, 0.25) is 0 Å². The molecule has 0 unspecified atom stereocenters. The molecule has 0 saturated heterocycles. The lowest BCUT2D eigenvalue weighted by Crippen LogP contribution is -2.11. The van der Waals surface area contributed by atoms with Gasteiger partial charge in [-0.15, -0.1) is 0 Å². The lowest BCUT2D eigenvalue weighted by molar-refractivity contribution is 1.30. The normalized spacial score (nSPS) is 11.2. The van der Waals surface area contributed by atoms with Crippen LogP contribution < -0.4 is 9.80 Å². The highest BCUT2D eigenvalue weighted by Gasteiger charge is 2.22. The summed E-state index contributed by atoms with van der Waals surface area (Å²) >= 11 is 0. The molecule has 0 bridgehead atoms. The molecule has 0 amide bonds. The molecule has 2 heteroatoms. The maximum atomic E-state index is 2.42.